The van der Waals surface area contributed by atoms with Crippen molar-refractivity contribution in [3.8, 4) is 11.1 Å². The Bertz CT molecular complexity index is 1800. The van der Waals surface area contributed by atoms with Gasteiger partial charge in [-0.2, -0.15) is 4.98 Å². The van der Waals surface area contributed by atoms with Crippen LogP contribution in [-0.2, 0) is 9.52 Å². The molecule has 1 aliphatic rings. The average molecular weight is 581 g/mol. The van der Waals surface area contributed by atoms with E-state index in [1.165, 1.54) is 29.0 Å². The molecule has 0 radical (unpaired) electrons. The Morgan fingerprint density at radius 1 is 1.05 bits per heavy atom. The van der Waals surface area contributed by atoms with Crippen LogP contribution in [0, 0.1) is 11.6 Å². The number of fused-ring (bicyclic) bond motifs is 1. The van der Waals surface area contributed by atoms with Crippen LogP contribution in [-0.4, -0.2) is 56.0 Å². The van der Waals surface area contributed by atoms with Gasteiger partial charge in [0, 0.05) is 65.2 Å². The minimum atomic E-state index is -2.62. The summed E-state index contributed by atoms with van der Waals surface area (Å²) < 4.78 is 44.0. The summed E-state index contributed by atoms with van der Waals surface area (Å²) in [5.41, 5.74) is 1.17. The maximum absolute atomic E-state index is 15.2. The Labute approximate surface area is 238 Å². The fraction of sp³-hybridized carbons (Fsp3) is 0.333. The molecular weight excluding hydrogens is 546 g/mol. The largest absolute Gasteiger partial charge is 0.366 e. The van der Waals surface area contributed by atoms with Gasteiger partial charge in [-0.3, -0.25) is 13.6 Å². The first-order valence-electron chi connectivity index (χ1n) is 13.4. The highest BCUT2D eigenvalue weighted by Crippen LogP contribution is 2.29. The molecule has 2 aromatic heterocycles. The molecule has 5 rings (SSSR count). The number of nitrogens with one attached hydrogen (secondary N) is 2. The minimum Gasteiger partial charge on any atom is -0.366 e. The van der Waals surface area contributed by atoms with Crippen LogP contribution in [0.5, 0.6) is 0 Å². The van der Waals surface area contributed by atoms with Crippen molar-refractivity contribution in [2.75, 3.05) is 29.6 Å². The SMILES string of the molecule is C=S(C)(=O)c1ccc(-c2cc3cnc(Nc4ccc(N5C[C@@H](C)N[C@@H](C)C5)c(F)c4)nc3n(C(C)C)c2=O)c(F)c1. The first-order chi connectivity index (χ1) is 19.3. The third kappa shape index (κ3) is 5.82. The van der Waals surface area contributed by atoms with E-state index < -0.39 is 20.9 Å². The molecule has 3 heterocycles. The predicted molar refractivity (Wildman–Crippen MR) is 163 cm³/mol. The maximum atomic E-state index is 15.2. The molecule has 0 bridgehead atoms. The number of pyridine rings is 1. The highest BCUT2D eigenvalue weighted by atomic mass is 32.2. The van der Waals surface area contributed by atoms with Crippen LogP contribution < -0.4 is 21.1 Å². The van der Waals surface area contributed by atoms with Gasteiger partial charge in [0.2, 0.25) is 5.95 Å². The van der Waals surface area contributed by atoms with Crippen molar-refractivity contribution in [3.63, 3.8) is 0 Å². The molecule has 0 amide bonds. The number of piperazine rings is 1. The van der Waals surface area contributed by atoms with E-state index in [1.54, 1.807) is 24.4 Å². The van der Waals surface area contributed by atoms with Crippen molar-refractivity contribution in [1.82, 2.24) is 19.9 Å². The number of rotatable bonds is 6. The van der Waals surface area contributed by atoms with Gasteiger partial charge in [0.15, 0.2) is 0 Å². The van der Waals surface area contributed by atoms with Crippen LogP contribution in [0.15, 0.2) is 58.4 Å². The Hall–Kier alpha value is -3.83. The first-order valence-corrected chi connectivity index (χ1v) is 15.6. The zero-order valence-corrected chi connectivity index (χ0v) is 24.6. The third-order valence-corrected chi connectivity index (χ3v) is 8.37. The molecule has 2 N–H and O–H groups in total. The zero-order chi connectivity index (χ0) is 29.6. The Morgan fingerprint density at radius 3 is 2.37 bits per heavy atom. The van der Waals surface area contributed by atoms with E-state index in [0.29, 0.717) is 35.5 Å². The van der Waals surface area contributed by atoms with Crippen LogP contribution in [0.4, 0.5) is 26.1 Å². The molecular formula is C30H34F2N6O2S. The average Bonchev–Trinajstić information content (AvgIpc) is 2.87. The normalized spacial score (nSPS) is 19.0. The van der Waals surface area contributed by atoms with E-state index in [-0.39, 0.29) is 45.9 Å². The summed E-state index contributed by atoms with van der Waals surface area (Å²) >= 11 is 0. The molecule has 1 saturated heterocycles. The fourth-order valence-corrected chi connectivity index (χ4v) is 6.04. The summed E-state index contributed by atoms with van der Waals surface area (Å²) in [4.78, 5) is 24.9. The van der Waals surface area contributed by atoms with Crippen LogP contribution in [0.25, 0.3) is 22.2 Å². The number of nitrogens with zero attached hydrogens (tertiary/aromatic N) is 4. The molecule has 8 nitrogen and oxygen atoms in total. The number of halogens is 2. The maximum Gasteiger partial charge on any atom is 0.260 e. The van der Waals surface area contributed by atoms with E-state index in [2.05, 4.69) is 40.3 Å². The monoisotopic (exact) mass is 580 g/mol. The van der Waals surface area contributed by atoms with Crippen LogP contribution in [0.1, 0.15) is 33.7 Å². The van der Waals surface area contributed by atoms with Gasteiger partial charge >= 0.3 is 0 Å². The van der Waals surface area contributed by atoms with Gasteiger partial charge in [-0.15, -0.1) is 0 Å². The van der Waals surface area contributed by atoms with Gasteiger partial charge in [-0.1, -0.05) is 6.07 Å². The van der Waals surface area contributed by atoms with Crippen LogP contribution in [0.2, 0.25) is 0 Å². The quantitative estimate of drug-likeness (QED) is 0.312. The number of hydrogen-bond donors (Lipinski definition) is 2. The molecule has 1 aliphatic heterocycles. The van der Waals surface area contributed by atoms with Gasteiger partial charge < -0.3 is 15.5 Å². The molecule has 0 saturated carbocycles. The lowest BCUT2D eigenvalue weighted by Gasteiger charge is -2.37. The molecule has 1 unspecified atom stereocenters. The highest BCUT2D eigenvalue weighted by molar-refractivity contribution is 7.99. The van der Waals surface area contributed by atoms with E-state index in [9.17, 15) is 9.00 Å². The molecule has 216 valence electrons. The lowest BCUT2D eigenvalue weighted by Crippen LogP contribution is -2.54. The standard InChI is InChI=1S/C30H34F2N6O2S/c1-17(2)38-28-20(11-24(29(38)39)23-9-8-22(13-25(23)31)41(5,6)40)14-33-30(36-28)35-21-7-10-27(26(32)12-21)37-15-18(3)34-19(4)16-37/h7-14,17-19,34H,5,15-16H2,1-4,6H3,(H,33,35,36)/t18-,19+,41?. The second-order valence-electron chi connectivity index (χ2n) is 11.1. The lowest BCUT2D eigenvalue weighted by atomic mass is 10.1. The van der Waals surface area contributed by atoms with Crippen LogP contribution >= 0.6 is 0 Å². The Balaban J connectivity index is 1.50. The molecule has 41 heavy (non-hydrogen) atoms. The van der Waals surface area contributed by atoms with Crippen molar-refractivity contribution in [2.24, 2.45) is 0 Å². The number of anilines is 3. The summed E-state index contributed by atoms with van der Waals surface area (Å²) in [6, 6.07) is 10.8. The predicted octanol–water partition coefficient (Wildman–Crippen LogP) is 4.95. The summed E-state index contributed by atoms with van der Waals surface area (Å²) in [6.07, 6.45) is 2.98. The van der Waals surface area contributed by atoms with E-state index in [1.807, 2.05) is 18.7 Å². The van der Waals surface area contributed by atoms with Crippen molar-refractivity contribution in [1.29, 1.82) is 0 Å². The van der Waals surface area contributed by atoms with Crippen molar-refractivity contribution < 1.29 is 13.0 Å². The summed E-state index contributed by atoms with van der Waals surface area (Å²) in [5.74, 6) is 2.78. The smallest absolute Gasteiger partial charge is 0.260 e. The molecule has 11 heteroatoms. The number of aromatic nitrogens is 3. The van der Waals surface area contributed by atoms with E-state index >= 15 is 8.78 Å². The third-order valence-electron chi connectivity index (χ3n) is 7.12. The molecule has 0 spiro atoms. The highest BCUT2D eigenvalue weighted by Gasteiger charge is 2.23. The molecule has 4 aromatic rings. The summed E-state index contributed by atoms with van der Waals surface area (Å²) in [7, 11) is -2.62. The Kier molecular flexibility index (Phi) is 7.60. The first kappa shape index (κ1) is 28.7. The molecule has 0 aliphatic carbocycles. The molecule has 1 fully saturated rings. The van der Waals surface area contributed by atoms with Crippen molar-refractivity contribution in [2.45, 2.75) is 50.7 Å². The summed E-state index contributed by atoms with van der Waals surface area (Å²) in [6.45, 7) is 9.24. The summed E-state index contributed by atoms with van der Waals surface area (Å²) in [5, 5.41) is 7.02. The van der Waals surface area contributed by atoms with E-state index in [4.69, 9.17) is 0 Å². The van der Waals surface area contributed by atoms with Crippen LogP contribution in [0.3, 0.4) is 0 Å². The van der Waals surface area contributed by atoms with Gasteiger partial charge in [-0.05, 0) is 79.5 Å². The topological polar surface area (TPSA) is 92.2 Å². The number of benzene rings is 2. The zero-order valence-electron chi connectivity index (χ0n) is 23.7. The number of hydrogen-bond acceptors (Lipinski definition) is 7. The van der Waals surface area contributed by atoms with Gasteiger partial charge in [0.25, 0.3) is 5.56 Å². The van der Waals surface area contributed by atoms with Gasteiger partial charge in [0.1, 0.15) is 17.3 Å². The second-order valence-corrected chi connectivity index (χ2v) is 13.6. The minimum absolute atomic E-state index is 0.0877. The molecule has 3 atom stereocenters. The van der Waals surface area contributed by atoms with Gasteiger partial charge in [0.05, 0.1) is 11.3 Å². The van der Waals surface area contributed by atoms with Gasteiger partial charge in [-0.25, -0.2) is 13.8 Å². The Morgan fingerprint density at radius 2 is 1.76 bits per heavy atom. The molecule has 2 aromatic carbocycles. The lowest BCUT2D eigenvalue weighted by molar-refractivity contribution is 0.404. The van der Waals surface area contributed by atoms with Crippen molar-refractivity contribution in [3.05, 3.63) is 70.6 Å². The van der Waals surface area contributed by atoms with Crippen molar-refractivity contribution >= 4 is 43.7 Å². The van der Waals surface area contributed by atoms with E-state index in [0.717, 1.165) is 6.07 Å². The fourth-order valence-electron chi connectivity index (χ4n) is 5.33. The second kappa shape index (κ2) is 10.9.